The Kier molecular flexibility index (Phi) is 2.98. The summed E-state index contributed by atoms with van der Waals surface area (Å²) in [6.07, 6.45) is 0.881. The Hall–Kier alpha value is -1.26. The van der Waals surface area contributed by atoms with Crippen LogP contribution < -0.4 is 10.6 Å². The van der Waals surface area contributed by atoms with Crippen LogP contribution in [0.5, 0.6) is 0 Å². The maximum absolute atomic E-state index is 11.5. The van der Waals surface area contributed by atoms with Crippen LogP contribution in [0.4, 0.5) is 4.79 Å². The van der Waals surface area contributed by atoms with Gasteiger partial charge < -0.3 is 15.5 Å². The number of hydrogen-bond acceptors (Lipinski definition) is 2. The molecule has 5 heteroatoms. The molecule has 2 N–H and O–H groups in total. The number of nitrogens with one attached hydrogen (secondary N) is 2. The van der Waals surface area contributed by atoms with Gasteiger partial charge in [0.05, 0.1) is 0 Å². The highest BCUT2D eigenvalue weighted by molar-refractivity contribution is 5.90. The SMILES string of the molecule is CNC(=O)C(C)(C)N1CCCNC1=O. The van der Waals surface area contributed by atoms with Gasteiger partial charge in [-0.1, -0.05) is 0 Å². The summed E-state index contributed by atoms with van der Waals surface area (Å²) in [7, 11) is 1.58. The fraction of sp³-hybridized carbons (Fsp3) is 0.778. The standard InChI is InChI=1S/C9H17N3O2/c1-9(2,7(13)10-3)12-6-4-5-11-8(12)14/h4-6H2,1-3H3,(H,10,13)(H,11,14). The number of likely N-dealkylation sites (N-methyl/N-ethyl adjacent to an activating group) is 1. The van der Waals surface area contributed by atoms with Crippen molar-refractivity contribution in [3.8, 4) is 0 Å². The van der Waals surface area contributed by atoms with Crippen LogP contribution in [0.3, 0.4) is 0 Å². The van der Waals surface area contributed by atoms with Crippen molar-refractivity contribution < 1.29 is 9.59 Å². The normalized spacial score (nSPS) is 17.6. The Morgan fingerprint density at radius 1 is 1.57 bits per heavy atom. The summed E-state index contributed by atoms with van der Waals surface area (Å²) in [6.45, 7) is 4.82. The lowest BCUT2D eigenvalue weighted by atomic mass is 10.0. The van der Waals surface area contributed by atoms with E-state index in [2.05, 4.69) is 10.6 Å². The van der Waals surface area contributed by atoms with Crippen LogP contribution in [0.2, 0.25) is 0 Å². The molecule has 0 atom stereocenters. The first-order valence-corrected chi connectivity index (χ1v) is 4.78. The highest BCUT2D eigenvalue weighted by Gasteiger charge is 2.38. The molecule has 1 heterocycles. The minimum atomic E-state index is -0.779. The van der Waals surface area contributed by atoms with Crippen molar-refractivity contribution in [3.05, 3.63) is 0 Å². The molecule has 0 spiro atoms. The summed E-state index contributed by atoms with van der Waals surface area (Å²) < 4.78 is 0. The van der Waals surface area contributed by atoms with Crippen molar-refractivity contribution in [2.45, 2.75) is 25.8 Å². The third-order valence-electron chi connectivity index (χ3n) is 2.54. The lowest BCUT2D eigenvalue weighted by Crippen LogP contribution is -2.61. The van der Waals surface area contributed by atoms with Gasteiger partial charge in [0, 0.05) is 20.1 Å². The van der Waals surface area contributed by atoms with Crippen LogP contribution in [0, 0.1) is 0 Å². The summed E-state index contributed by atoms with van der Waals surface area (Å²) in [5, 5.41) is 5.29. The molecule has 1 aliphatic heterocycles. The van der Waals surface area contributed by atoms with E-state index in [0.29, 0.717) is 13.1 Å². The average Bonchev–Trinajstić information content (AvgIpc) is 2.17. The van der Waals surface area contributed by atoms with Gasteiger partial charge in [-0.15, -0.1) is 0 Å². The van der Waals surface area contributed by atoms with Gasteiger partial charge in [0.1, 0.15) is 5.54 Å². The van der Waals surface area contributed by atoms with Gasteiger partial charge in [0.15, 0.2) is 0 Å². The number of rotatable bonds is 2. The van der Waals surface area contributed by atoms with E-state index in [0.717, 1.165) is 6.42 Å². The zero-order valence-electron chi connectivity index (χ0n) is 8.89. The highest BCUT2D eigenvalue weighted by Crippen LogP contribution is 2.17. The highest BCUT2D eigenvalue weighted by atomic mass is 16.2. The molecule has 5 nitrogen and oxygen atoms in total. The third kappa shape index (κ3) is 1.81. The Labute approximate surface area is 83.8 Å². The van der Waals surface area contributed by atoms with Gasteiger partial charge in [0.2, 0.25) is 5.91 Å². The topological polar surface area (TPSA) is 61.4 Å². The second-order valence-electron chi connectivity index (χ2n) is 3.88. The number of nitrogens with zero attached hydrogens (tertiary/aromatic N) is 1. The Bertz CT molecular complexity index is 250. The molecule has 1 fully saturated rings. The van der Waals surface area contributed by atoms with E-state index < -0.39 is 5.54 Å². The maximum Gasteiger partial charge on any atom is 0.318 e. The Morgan fingerprint density at radius 2 is 2.21 bits per heavy atom. The molecule has 0 aromatic heterocycles. The molecule has 14 heavy (non-hydrogen) atoms. The molecule has 0 aromatic carbocycles. The largest absolute Gasteiger partial charge is 0.357 e. The second-order valence-corrected chi connectivity index (χ2v) is 3.88. The quantitative estimate of drug-likeness (QED) is 0.653. The van der Waals surface area contributed by atoms with E-state index in [1.54, 1.807) is 25.8 Å². The van der Waals surface area contributed by atoms with Crippen LogP contribution >= 0.6 is 0 Å². The molecule has 3 amide bonds. The number of carbonyl (C=O) groups excluding carboxylic acids is 2. The molecule has 0 radical (unpaired) electrons. The van der Waals surface area contributed by atoms with Gasteiger partial charge in [-0.25, -0.2) is 4.79 Å². The van der Waals surface area contributed by atoms with Crippen LogP contribution in [0.15, 0.2) is 0 Å². The van der Waals surface area contributed by atoms with Crippen LogP contribution in [-0.2, 0) is 4.79 Å². The van der Waals surface area contributed by atoms with E-state index >= 15 is 0 Å². The van der Waals surface area contributed by atoms with E-state index in [1.807, 2.05) is 0 Å². The molecule has 80 valence electrons. The molecule has 0 unspecified atom stereocenters. The van der Waals surface area contributed by atoms with Crippen LogP contribution in [-0.4, -0.2) is 42.5 Å². The van der Waals surface area contributed by atoms with Gasteiger partial charge >= 0.3 is 6.03 Å². The smallest absolute Gasteiger partial charge is 0.318 e. The van der Waals surface area contributed by atoms with Crippen molar-refractivity contribution in [3.63, 3.8) is 0 Å². The Balaban J connectivity index is 2.79. The summed E-state index contributed by atoms with van der Waals surface area (Å²) in [5.74, 6) is -0.144. The number of carbonyl (C=O) groups is 2. The second kappa shape index (κ2) is 3.86. The summed E-state index contributed by atoms with van der Waals surface area (Å²) in [6, 6.07) is -0.162. The lowest BCUT2D eigenvalue weighted by molar-refractivity contribution is -0.129. The molecule has 1 saturated heterocycles. The van der Waals surface area contributed by atoms with Crippen molar-refractivity contribution >= 4 is 11.9 Å². The van der Waals surface area contributed by atoms with Crippen molar-refractivity contribution in [2.24, 2.45) is 0 Å². The number of hydrogen-bond donors (Lipinski definition) is 2. The fourth-order valence-corrected chi connectivity index (χ4v) is 1.59. The minimum absolute atomic E-state index is 0.144. The van der Waals surface area contributed by atoms with E-state index in [9.17, 15) is 9.59 Å². The van der Waals surface area contributed by atoms with E-state index in [-0.39, 0.29) is 11.9 Å². The summed E-state index contributed by atoms with van der Waals surface area (Å²) >= 11 is 0. The number of urea groups is 1. The first-order valence-electron chi connectivity index (χ1n) is 4.78. The van der Waals surface area contributed by atoms with Gasteiger partial charge in [-0.3, -0.25) is 4.79 Å². The zero-order valence-corrected chi connectivity index (χ0v) is 8.89. The average molecular weight is 199 g/mol. The van der Waals surface area contributed by atoms with Crippen molar-refractivity contribution in [1.29, 1.82) is 0 Å². The predicted molar refractivity (Wildman–Crippen MR) is 52.9 cm³/mol. The fourth-order valence-electron chi connectivity index (χ4n) is 1.59. The summed E-state index contributed by atoms with van der Waals surface area (Å²) in [4.78, 5) is 24.6. The van der Waals surface area contributed by atoms with Gasteiger partial charge in [-0.2, -0.15) is 0 Å². The Morgan fingerprint density at radius 3 is 2.71 bits per heavy atom. The van der Waals surface area contributed by atoms with Crippen molar-refractivity contribution in [1.82, 2.24) is 15.5 Å². The third-order valence-corrected chi connectivity index (χ3v) is 2.54. The van der Waals surface area contributed by atoms with Gasteiger partial charge in [0.25, 0.3) is 0 Å². The van der Waals surface area contributed by atoms with Crippen LogP contribution in [0.1, 0.15) is 20.3 Å². The van der Waals surface area contributed by atoms with Gasteiger partial charge in [-0.05, 0) is 20.3 Å². The molecule has 0 aromatic rings. The molecule has 0 saturated carbocycles. The molecule has 1 aliphatic rings. The van der Waals surface area contributed by atoms with E-state index in [1.165, 1.54) is 0 Å². The molecule has 0 bridgehead atoms. The molecular formula is C9H17N3O2. The molecule has 0 aliphatic carbocycles. The maximum atomic E-state index is 11.5. The minimum Gasteiger partial charge on any atom is -0.357 e. The zero-order chi connectivity index (χ0) is 10.8. The lowest BCUT2D eigenvalue weighted by Gasteiger charge is -2.39. The van der Waals surface area contributed by atoms with Crippen molar-refractivity contribution in [2.75, 3.05) is 20.1 Å². The first-order chi connectivity index (χ1) is 6.50. The monoisotopic (exact) mass is 199 g/mol. The number of amides is 3. The van der Waals surface area contributed by atoms with Crippen LogP contribution in [0.25, 0.3) is 0 Å². The molecular weight excluding hydrogens is 182 g/mol. The predicted octanol–water partition coefficient (Wildman–Crippen LogP) is -0.0737. The van der Waals surface area contributed by atoms with E-state index in [4.69, 9.17) is 0 Å². The molecule has 1 rings (SSSR count). The summed E-state index contributed by atoms with van der Waals surface area (Å²) in [5.41, 5.74) is -0.779. The first kappa shape index (κ1) is 10.8.